The Labute approximate surface area is 109 Å². The summed E-state index contributed by atoms with van der Waals surface area (Å²) < 4.78 is 13.4. The van der Waals surface area contributed by atoms with Crippen LogP contribution in [0.5, 0.6) is 0 Å². The summed E-state index contributed by atoms with van der Waals surface area (Å²) >= 11 is 5.73. The van der Waals surface area contributed by atoms with Crippen molar-refractivity contribution in [3.63, 3.8) is 0 Å². The number of carboxylic acids is 1. The first-order valence-electron chi connectivity index (χ1n) is 5.24. The van der Waals surface area contributed by atoms with Crippen molar-refractivity contribution in [2.24, 2.45) is 5.92 Å². The molecule has 6 heteroatoms. The van der Waals surface area contributed by atoms with E-state index >= 15 is 0 Å². The third-order valence-electron chi connectivity index (χ3n) is 2.53. The predicted octanol–water partition coefficient (Wildman–Crippen LogP) is 2.16. The van der Waals surface area contributed by atoms with E-state index in [1.165, 1.54) is 32.2 Å². The quantitative estimate of drug-likeness (QED) is 0.855. The Morgan fingerprint density at radius 3 is 2.67 bits per heavy atom. The van der Waals surface area contributed by atoms with Crippen molar-refractivity contribution < 1.29 is 19.1 Å². The van der Waals surface area contributed by atoms with Gasteiger partial charge in [-0.15, -0.1) is 0 Å². The van der Waals surface area contributed by atoms with Crippen LogP contribution in [-0.2, 0) is 16.1 Å². The molecule has 1 aromatic carbocycles. The van der Waals surface area contributed by atoms with Crippen molar-refractivity contribution in [3.8, 4) is 0 Å². The number of hydrogen-bond acceptors (Lipinski definition) is 2. The summed E-state index contributed by atoms with van der Waals surface area (Å²) in [6.07, 6.45) is 0. The molecule has 0 aliphatic heterocycles. The second-order valence-electron chi connectivity index (χ2n) is 3.99. The van der Waals surface area contributed by atoms with E-state index in [2.05, 4.69) is 0 Å². The standard InChI is InChI=1S/C12H13ClFNO3/c1-7(12(17)18)11(16)15(2)6-8-5-9(13)3-4-10(8)14/h3-5,7H,6H2,1-2H3,(H,17,18)/t7-/m0/s1. The van der Waals surface area contributed by atoms with E-state index in [1.807, 2.05) is 0 Å². The Morgan fingerprint density at radius 2 is 2.11 bits per heavy atom. The summed E-state index contributed by atoms with van der Waals surface area (Å²) in [6, 6.07) is 4.02. The second kappa shape index (κ2) is 5.82. The number of nitrogens with zero attached hydrogens (tertiary/aromatic N) is 1. The number of carbonyl (C=O) groups excluding carboxylic acids is 1. The molecule has 0 bridgehead atoms. The minimum atomic E-state index is -1.21. The molecule has 0 radical (unpaired) electrons. The number of hydrogen-bond donors (Lipinski definition) is 1. The van der Waals surface area contributed by atoms with Crippen molar-refractivity contribution in [1.82, 2.24) is 4.90 Å². The van der Waals surface area contributed by atoms with Gasteiger partial charge in [0.2, 0.25) is 5.91 Å². The van der Waals surface area contributed by atoms with Crippen molar-refractivity contribution >= 4 is 23.5 Å². The highest BCUT2D eigenvalue weighted by Gasteiger charge is 2.24. The fourth-order valence-corrected chi connectivity index (χ4v) is 1.63. The largest absolute Gasteiger partial charge is 0.481 e. The molecule has 0 aliphatic carbocycles. The Balaban J connectivity index is 2.81. The highest BCUT2D eigenvalue weighted by Crippen LogP contribution is 2.17. The van der Waals surface area contributed by atoms with Crippen LogP contribution in [0.1, 0.15) is 12.5 Å². The number of amides is 1. The van der Waals surface area contributed by atoms with Crippen LogP contribution in [0, 0.1) is 11.7 Å². The highest BCUT2D eigenvalue weighted by molar-refractivity contribution is 6.30. The summed E-state index contributed by atoms with van der Waals surface area (Å²) in [5.74, 6) is -3.43. The first-order valence-corrected chi connectivity index (χ1v) is 5.62. The fourth-order valence-electron chi connectivity index (χ4n) is 1.43. The van der Waals surface area contributed by atoms with Crippen molar-refractivity contribution in [1.29, 1.82) is 0 Å². The molecule has 18 heavy (non-hydrogen) atoms. The molecule has 98 valence electrons. The Bertz CT molecular complexity index is 478. The molecular weight excluding hydrogens is 261 g/mol. The average molecular weight is 274 g/mol. The molecule has 1 aromatic rings. The SMILES string of the molecule is C[C@H](C(=O)O)C(=O)N(C)Cc1cc(Cl)ccc1F. The van der Waals surface area contributed by atoms with E-state index in [9.17, 15) is 14.0 Å². The van der Waals surface area contributed by atoms with Crippen molar-refractivity contribution in [2.75, 3.05) is 7.05 Å². The maximum Gasteiger partial charge on any atom is 0.315 e. The number of carbonyl (C=O) groups is 2. The van der Waals surface area contributed by atoms with E-state index in [0.717, 1.165) is 4.90 Å². The van der Waals surface area contributed by atoms with Crippen molar-refractivity contribution in [2.45, 2.75) is 13.5 Å². The van der Waals surface area contributed by atoms with Crippen LogP contribution in [0.2, 0.25) is 5.02 Å². The monoisotopic (exact) mass is 273 g/mol. The first kappa shape index (κ1) is 14.4. The lowest BCUT2D eigenvalue weighted by molar-refractivity contribution is -0.149. The molecule has 1 rings (SSSR count). The van der Waals surface area contributed by atoms with Crippen LogP contribution in [0.4, 0.5) is 4.39 Å². The average Bonchev–Trinajstić information content (AvgIpc) is 2.31. The molecule has 0 aromatic heterocycles. The molecule has 0 fully saturated rings. The molecule has 0 saturated heterocycles. The van der Waals surface area contributed by atoms with Gasteiger partial charge in [-0.1, -0.05) is 11.6 Å². The molecule has 4 nitrogen and oxygen atoms in total. The Morgan fingerprint density at radius 1 is 1.50 bits per heavy atom. The molecule has 0 unspecified atom stereocenters. The van der Waals surface area contributed by atoms with E-state index < -0.39 is 23.6 Å². The molecule has 0 saturated carbocycles. The van der Waals surface area contributed by atoms with Gasteiger partial charge in [0.25, 0.3) is 0 Å². The molecule has 0 aliphatic rings. The Kier molecular flexibility index (Phi) is 4.67. The van der Waals surface area contributed by atoms with Gasteiger partial charge in [0.15, 0.2) is 0 Å². The lowest BCUT2D eigenvalue weighted by Gasteiger charge is -2.19. The predicted molar refractivity (Wildman–Crippen MR) is 64.7 cm³/mol. The van der Waals surface area contributed by atoms with Gasteiger partial charge < -0.3 is 10.0 Å². The van der Waals surface area contributed by atoms with E-state index in [1.54, 1.807) is 0 Å². The van der Waals surface area contributed by atoms with Crippen LogP contribution >= 0.6 is 11.6 Å². The van der Waals surface area contributed by atoms with Crippen LogP contribution in [-0.4, -0.2) is 28.9 Å². The summed E-state index contributed by atoms with van der Waals surface area (Å²) in [5, 5.41) is 9.08. The number of halogens is 2. The molecule has 0 heterocycles. The topological polar surface area (TPSA) is 57.6 Å². The molecule has 0 spiro atoms. The summed E-state index contributed by atoms with van der Waals surface area (Å²) in [7, 11) is 1.42. The number of carboxylic acid groups (broad SMARTS) is 1. The molecular formula is C12H13ClFNO3. The smallest absolute Gasteiger partial charge is 0.315 e. The minimum absolute atomic E-state index is 0.0250. The normalized spacial score (nSPS) is 12.0. The molecule has 1 amide bonds. The maximum absolute atomic E-state index is 13.4. The fraction of sp³-hybridized carbons (Fsp3) is 0.333. The lowest BCUT2D eigenvalue weighted by atomic mass is 10.1. The van der Waals surface area contributed by atoms with Crippen LogP contribution in [0.3, 0.4) is 0 Å². The summed E-state index contributed by atoms with van der Waals surface area (Å²) in [6.45, 7) is 1.26. The van der Waals surface area contributed by atoms with Gasteiger partial charge in [-0.05, 0) is 25.1 Å². The van der Waals surface area contributed by atoms with Gasteiger partial charge in [-0.25, -0.2) is 4.39 Å². The lowest BCUT2D eigenvalue weighted by Crippen LogP contribution is -2.35. The van der Waals surface area contributed by atoms with E-state index in [4.69, 9.17) is 16.7 Å². The minimum Gasteiger partial charge on any atom is -0.481 e. The summed E-state index contributed by atoms with van der Waals surface area (Å²) in [5.41, 5.74) is 0.246. The third kappa shape index (κ3) is 3.43. The maximum atomic E-state index is 13.4. The van der Waals surface area contributed by atoms with E-state index in [0.29, 0.717) is 5.02 Å². The Hall–Kier alpha value is -1.62. The third-order valence-corrected chi connectivity index (χ3v) is 2.77. The molecule has 1 N–H and O–H groups in total. The van der Waals surface area contributed by atoms with Crippen LogP contribution in [0.25, 0.3) is 0 Å². The number of benzene rings is 1. The van der Waals surface area contributed by atoms with Gasteiger partial charge in [-0.2, -0.15) is 0 Å². The number of rotatable bonds is 4. The highest BCUT2D eigenvalue weighted by atomic mass is 35.5. The zero-order chi connectivity index (χ0) is 13.9. The first-order chi connectivity index (χ1) is 8.32. The van der Waals surface area contributed by atoms with Crippen molar-refractivity contribution in [3.05, 3.63) is 34.6 Å². The van der Waals surface area contributed by atoms with Crippen LogP contribution < -0.4 is 0 Å². The zero-order valence-corrected chi connectivity index (χ0v) is 10.7. The molecule has 1 atom stereocenters. The van der Waals surface area contributed by atoms with Gasteiger partial charge in [0, 0.05) is 24.2 Å². The van der Waals surface area contributed by atoms with Gasteiger partial charge in [0.1, 0.15) is 11.7 Å². The summed E-state index contributed by atoms with van der Waals surface area (Å²) in [4.78, 5) is 23.5. The second-order valence-corrected chi connectivity index (χ2v) is 4.43. The van der Waals surface area contributed by atoms with Gasteiger partial charge in [-0.3, -0.25) is 9.59 Å². The van der Waals surface area contributed by atoms with Gasteiger partial charge in [0.05, 0.1) is 0 Å². The van der Waals surface area contributed by atoms with E-state index in [-0.39, 0.29) is 12.1 Å². The van der Waals surface area contributed by atoms with Crippen LogP contribution in [0.15, 0.2) is 18.2 Å². The van der Waals surface area contributed by atoms with Gasteiger partial charge >= 0.3 is 5.97 Å². The number of aliphatic carboxylic acids is 1. The zero-order valence-electron chi connectivity index (χ0n) is 9.98.